The van der Waals surface area contributed by atoms with Crippen molar-refractivity contribution in [2.75, 3.05) is 18.9 Å². The number of amides is 1. The monoisotopic (exact) mass is 278 g/mol. The van der Waals surface area contributed by atoms with Crippen molar-refractivity contribution in [3.63, 3.8) is 0 Å². The minimum absolute atomic E-state index is 0.00519. The van der Waals surface area contributed by atoms with Crippen LogP contribution in [0.1, 0.15) is 32.1 Å². The van der Waals surface area contributed by atoms with Gasteiger partial charge in [0.1, 0.15) is 5.75 Å². The lowest BCUT2D eigenvalue weighted by Crippen LogP contribution is -2.49. The Morgan fingerprint density at radius 3 is 2.70 bits per heavy atom. The summed E-state index contributed by atoms with van der Waals surface area (Å²) in [5, 5.41) is 12.4. The Morgan fingerprint density at radius 2 is 2.05 bits per heavy atom. The summed E-state index contributed by atoms with van der Waals surface area (Å²) < 4.78 is 5.49. The van der Waals surface area contributed by atoms with Crippen LogP contribution in [-0.4, -0.2) is 29.8 Å². The molecule has 1 amide bonds. The molecule has 0 bridgehead atoms. The summed E-state index contributed by atoms with van der Waals surface area (Å²) >= 11 is 0. The Bertz CT molecular complexity index is 456. The highest BCUT2D eigenvalue weighted by molar-refractivity contribution is 5.77. The molecule has 1 aliphatic carbocycles. The van der Waals surface area contributed by atoms with Gasteiger partial charge in [0.2, 0.25) is 5.91 Å². The van der Waals surface area contributed by atoms with E-state index in [0.717, 1.165) is 25.7 Å². The van der Waals surface area contributed by atoms with E-state index in [0.29, 0.717) is 11.4 Å². The zero-order chi connectivity index (χ0) is 14.4. The van der Waals surface area contributed by atoms with Gasteiger partial charge in [-0.05, 0) is 25.0 Å². The van der Waals surface area contributed by atoms with Gasteiger partial charge in [0.05, 0.1) is 30.9 Å². The van der Waals surface area contributed by atoms with Crippen molar-refractivity contribution in [3.8, 4) is 5.75 Å². The van der Waals surface area contributed by atoms with Gasteiger partial charge in [-0.2, -0.15) is 0 Å². The number of anilines is 1. The number of carbonyl (C=O) groups is 1. The van der Waals surface area contributed by atoms with Gasteiger partial charge >= 0.3 is 0 Å². The molecule has 1 fully saturated rings. The summed E-state index contributed by atoms with van der Waals surface area (Å²) in [6.45, 7) is 0.285. The number of rotatable bonds is 6. The van der Waals surface area contributed by atoms with Crippen molar-refractivity contribution in [1.29, 1.82) is 0 Å². The van der Waals surface area contributed by atoms with Crippen LogP contribution in [0.5, 0.6) is 5.75 Å². The first-order valence-corrected chi connectivity index (χ1v) is 7.04. The minimum atomic E-state index is -0.414. The summed E-state index contributed by atoms with van der Waals surface area (Å²) in [5.74, 6) is 0.508. The predicted molar refractivity (Wildman–Crippen MR) is 77.4 cm³/mol. The second-order valence-corrected chi connectivity index (χ2v) is 5.33. The van der Waals surface area contributed by atoms with Crippen molar-refractivity contribution in [1.82, 2.24) is 5.32 Å². The molecule has 0 heterocycles. The highest BCUT2D eigenvalue weighted by Gasteiger charge is 2.34. The topological polar surface area (TPSA) is 84.6 Å². The molecule has 4 N–H and O–H groups in total. The van der Waals surface area contributed by atoms with E-state index in [4.69, 9.17) is 10.5 Å². The first-order valence-electron chi connectivity index (χ1n) is 7.04. The average Bonchev–Trinajstić information content (AvgIpc) is 2.90. The van der Waals surface area contributed by atoms with Gasteiger partial charge in [-0.15, -0.1) is 0 Å². The van der Waals surface area contributed by atoms with Crippen LogP contribution in [0.4, 0.5) is 5.69 Å². The molecule has 0 atom stereocenters. The van der Waals surface area contributed by atoms with E-state index in [2.05, 4.69) is 5.32 Å². The highest BCUT2D eigenvalue weighted by atomic mass is 16.5. The Hall–Kier alpha value is -1.75. The fraction of sp³-hybridized carbons (Fsp3) is 0.533. The van der Waals surface area contributed by atoms with Crippen LogP contribution in [0, 0.1) is 0 Å². The van der Waals surface area contributed by atoms with Crippen LogP contribution in [0.25, 0.3) is 0 Å². The Kier molecular flexibility index (Phi) is 4.84. The SMILES string of the molecule is Nc1ccccc1OCCC(=O)NC1(CO)CCCC1. The Labute approximate surface area is 119 Å². The van der Waals surface area contributed by atoms with Gasteiger partial charge in [0.25, 0.3) is 0 Å². The number of nitrogen functional groups attached to an aromatic ring is 1. The molecule has 0 spiro atoms. The standard InChI is InChI=1S/C15H22N2O3/c16-12-5-1-2-6-13(12)20-10-7-14(19)17-15(11-18)8-3-4-9-15/h1-2,5-6,18H,3-4,7-11,16H2,(H,17,19). The maximum Gasteiger partial charge on any atom is 0.223 e. The van der Waals surface area contributed by atoms with Gasteiger partial charge in [-0.25, -0.2) is 0 Å². The third kappa shape index (κ3) is 3.63. The molecule has 0 aliphatic heterocycles. The van der Waals surface area contributed by atoms with Gasteiger partial charge in [0.15, 0.2) is 0 Å². The molecule has 1 aromatic rings. The fourth-order valence-electron chi connectivity index (χ4n) is 2.60. The second kappa shape index (κ2) is 6.61. The molecular weight excluding hydrogens is 256 g/mol. The first-order chi connectivity index (χ1) is 9.65. The molecule has 110 valence electrons. The number of para-hydroxylation sites is 2. The lowest BCUT2D eigenvalue weighted by atomic mass is 9.99. The van der Waals surface area contributed by atoms with Crippen molar-refractivity contribution in [3.05, 3.63) is 24.3 Å². The largest absolute Gasteiger partial charge is 0.491 e. The van der Waals surface area contributed by atoms with Crippen LogP contribution in [0.2, 0.25) is 0 Å². The number of nitrogens with one attached hydrogen (secondary N) is 1. The molecule has 0 aromatic heterocycles. The summed E-state index contributed by atoms with van der Waals surface area (Å²) in [4.78, 5) is 11.9. The average molecular weight is 278 g/mol. The van der Waals surface area contributed by atoms with Gasteiger partial charge < -0.3 is 20.9 Å². The maximum absolute atomic E-state index is 11.9. The smallest absolute Gasteiger partial charge is 0.223 e. The number of hydrogen-bond donors (Lipinski definition) is 3. The third-order valence-corrected chi connectivity index (χ3v) is 3.77. The van der Waals surface area contributed by atoms with Gasteiger partial charge in [-0.1, -0.05) is 25.0 Å². The molecule has 0 saturated heterocycles. The van der Waals surface area contributed by atoms with Crippen LogP contribution < -0.4 is 15.8 Å². The molecule has 5 nitrogen and oxygen atoms in total. The summed E-state index contributed by atoms with van der Waals surface area (Å²) in [6.07, 6.45) is 4.06. The minimum Gasteiger partial charge on any atom is -0.491 e. The normalized spacial score (nSPS) is 16.9. The van der Waals surface area contributed by atoms with Gasteiger partial charge in [-0.3, -0.25) is 4.79 Å². The number of ether oxygens (including phenoxy) is 1. The number of nitrogens with two attached hydrogens (primary N) is 1. The second-order valence-electron chi connectivity index (χ2n) is 5.33. The van der Waals surface area contributed by atoms with Crippen LogP contribution in [0.15, 0.2) is 24.3 Å². The molecule has 5 heteroatoms. The van der Waals surface area contributed by atoms with E-state index in [1.807, 2.05) is 12.1 Å². The quantitative estimate of drug-likeness (QED) is 0.688. The number of aliphatic hydroxyl groups is 1. The lowest BCUT2D eigenvalue weighted by Gasteiger charge is -2.28. The Morgan fingerprint density at radius 1 is 1.35 bits per heavy atom. The number of carbonyl (C=O) groups excluding carboxylic acids is 1. The molecule has 20 heavy (non-hydrogen) atoms. The number of hydrogen-bond acceptors (Lipinski definition) is 4. The fourth-order valence-corrected chi connectivity index (χ4v) is 2.60. The number of aliphatic hydroxyl groups excluding tert-OH is 1. The van der Waals surface area contributed by atoms with E-state index in [9.17, 15) is 9.90 Å². The van der Waals surface area contributed by atoms with Crippen molar-refractivity contribution < 1.29 is 14.6 Å². The third-order valence-electron chi connectivity index (χ3n) is 3.77. The van der Waals surface area contributed by atoms with E-state index in [1.165, 1.54) is 0 Å². The first kappa shape index (κ1) is 14.7. The molecule has 0 radical (unpaired) electrons. The molecule has 0 unspecified atom stereocenters. The highest BCUT2D eigenvalue weighted by Crippen LogP contribution is 2.29. The van der Waals surface area contributed by atoms with Gasteiger partial charge in [0, 0.05) is 0 Å². The molecule has 1 saturated carbocycles. The molecule has 2 rings (SSSR count). The van der Waals surface area contributed by atoms with Crippen LogP contribution in [0.3, 0.4) is 0 Å². The number of benzene rings is 1. The van der Waals surface area contributed by atoms with Crippen molar-refractivity contribution in [2.24, 2.45) is 0 Å². The van der Waals surface area contributed by atoms with E-state index in [1.54, 1.807) is 12.1 Å². The molecular formula is C15H22N2O3. The van der Waals surface area contributed by atoms with E-state index >= 15 is 0 Å². The maximum atomic E-state index is 11.9. The predicted octanol–water partition coefficient (Wildman–Crippen LogP) is 1.46. The van der Waals surface area contributed by atoms with Crippen LogP contribution in [-0.2, 0) is 4.79 Å². The van der Waals surface area contributed by atoms with Crippen LogP contribution >= 0.6 is 0 Å². The molecule has 1 aromatic carbocycles. The van der Waals surface area contributed by atoms with E-state index in [-0.39, 0.29) is 25.5 Å². The summed E-state index contributed by atoms with van der Waals surface area (Å²) in [7, 11) is 0. The summed E-state index contributed by atoms with van der Waals surface area (Å²) in [6, 6.07) is 7.21. The van der Waals surface area contributed by atoms with Crippen molar-refractivity contribution >= 4 is 11.6 Å². The van der Waals surface area contributed by atoms with E-state index < -0.39 is 5.54 Å². The molecule has 1 aliphatic rings. The lowest BCUT2D eigenvalue weighted by molar-refractivity contribution is -0.124. The zero-order valence-corrected chi connectivity index (χ0v) is 11.6. The van der Waals surface area contributed by atoms with Crippen molar-refractivity contribution in [2.45, 2.75) is 37.6 Å². The zero-order valence-electron chi connectivity index (χ0n) is 11.6. The summed E-state index contributed by atoms with van der Waals surface area (Å²) in [5.41, 5.74) is 5.90. The Balaban J connectivity index is 1.77.